The third-order valence-corrected chi connectivity index (χ3v) is 5.91. The van der Waals surface area contributed by atoms with E-state index in [0.29, 0.717) is 30.7 Å². The van der Waals surface area contributed by atoms with Crippen molar-refractivity contribution in [2.75, 3.05) is 39.3 Å². The summed E-state index contributed by atoms with van der Waals surface area (Å²) < 4.78 is 11.5. The van der Waals surface area contributed by atoms with E-state index in [1.54, 1.807) is 0 Å². The van der Waals surface area contributed by atoms with Crippen LogP contribution < -0.4 is 15.4 Å². The summed E-state index contributed by atoms with van der Waals surface area (Å²) in [7, 11) is 0. The molecule has 1 unspecified atom stereocenters. The van der Waals surface area contributed by atoms with Crippen molar-refractivity contribution in [3.63, 3.8) is 0 Å². The molecular weight excluding hydrogens is 384 g/mol. The van der Waals surface area contributed by atoms with Crippen molar-refractivity contribution >= 4 is 33.6 Å². The van der Waals surface area contributed by atoms with Crippen molar-refractivity contribution in [3.8, 4) is 5.75 Å². The first-order chi connectivity index (χ1) is 14.7. The predicted molar refractivity (Wildman–Crippen MR) is 111 cm³/mol. The number of nitrogens with zero attached hydrogens (tertiary/aromatic N) is 2. The molecule has 5 rings (SSSR count). The topological polar surface area (TPSA) is 96.7 Å². The number of hydrogen-bond acceptors (Lipinski definition) is 7. The lowest BCUT2D eigenvalue weighted by molar-refractivity contribution is -0.134. The van der Waals surface area contributed by atoms with Crippen molar-refractivity contribution in [2.24, 2.45) is 0 Å². The van der Waals surface area contributed by atoms with Crippen molar-refractivity contribution in [3.05, 3.63) is 36.0 Å². The van der Waals surface area contributed by atoms with Gasteiger partial charge in [0.25, 0.3) is 0 Å². The monoisotopic (exact) mass is 408 g/mol. The first-order valence-corrected chi connectivity index (χ1v) is 10.4. The lowest BCUT2D eigenvalue weighted by Crippen LogP contribution is -2.44. The van der Waals surface area contributed by atoms with E-state index in [2.05, 4.69) is 20.7 Å². The fourth-order valence-corrected chi connectivity index (χ4v) is 4.28. The number of imide groups is 1. The SMILES string of the molecule is O=C1CCC(c2noc3ccc4cc(OCCN5CCNCC5)ccc4c23)C(=O)N1. The zero-order valence-electron chi connectivity index (χ0n) is 16.6. The Morgan fingerprint density at radius 3 is 2.87 bits per heavy atom. The Kier molecular flexibility index (Phi) is 5.10. The molecule has 2 aliphatic heterocycles. The summed E-state index contributed by atoms with van der Waals surface area (Å²) in [6.07, 6.45) is 0.747. The molecule has 3 heterocycles. The second-order valence-electron chi connectivity index (χ2n) is 7.83. The van der Waals surface area contributed by atoms with Gasteiger partial charge in [-0.15, -0.1) is 0 Å². The van der Waals surface area contributed by atoms with Gasteiger partial charge in [-0.05, 0) is 41.5 Å². The summed E-state index contributed by atoms with van der Waals surface area (Å²) in [6, 6.07) is 9.78. The number of rotatable bonds is 5. The average Bonchev–Trinajstić information content (AvgIpc) is 3.19. The molecule has 2 N–H and O–H groups in total. The molecule has 1 atom stereocenters. The number of fused-ring (bicyclic) bond motifs is 3. The number of ether oxygens (including phenoxy) is 1. The van der Waals surface area contributed by atoms with Crippen LogP contribution in [0.25, 0.3) is 21.7 Å². The second-order valence-corrected chi connectivity index (χ2v) is 7.83. The predicted octanol–water partition coefficient (Wildman–Crippen LogP) is 1.79. The first kappa shape index (κ1) is 19.0. The Morgan fingerprint density at radius 2 is 2.03 bits per heavy atom. The number of piperazine rings is 1. The number of amides is 2. The highest BCUT2D eigenvalue weighted by Crippen LogP contribution is 2.36. The van der Waals surface area contributed by atoms with Gasteiger partial charge in [-0.1, -0.05) is 11.2 Å². The van der Waals surface area contributed by atoms with Gasteiger partial charge in [0, 0.05) is 39.1 Å². The Labute approximate surface area is 173 Å². The molecule has 8 nitrogen and oxygen atoms in total. The van der Waals surface area contributed by atoms with Crippen molar-refractivity contribution in [1.29, 1.82) is 0 Å². The molecule has 2 fully saturated rings. The molecule has 2 amide bonds. The van der Waals surface area contributed by atoms with Gasteiger partial charge in [-0.3, -0.25) is 19.8 Å². The number of nitrogens with one attached hydrogen (secondary N) is 2. The maximum Gasteiger partial charge on any atom is 0.235 e. The van der Waals surface area contributed by atoms with Crippen LogP contribution >= 0.6 is 0 Å². The minimum Gasteiger partial charge on any atom is -0.492 e. The van der Waals surface area contributed by atoms with E-state index < -0.39 is 5.92 Å². The molecule has 2 aromatic carbocycles. The molecule has 30 heavy (non-hydrogen) atoms. The Hall–Kier alpha value is -2.97. The zero-order valence-corrected chi connectivity index (χ0v) is 16.6. The van der Waals surface area contributed by atoms with Crippen LogP contribution in [0.5, 0.6) is 5.75 Å². The first-order valence-electron chi connectivity index (χ1n) is 10.4. The van der Waals surface area contributed by atoms with Gasteiger partial charge in [0.2, 0.25) is 11.8 Å². The number of carbonyl (C=O) groups is 2. The van der Waals surface area contributed by atoms with Crippen LogP contribution in [0, 0.1) is 0 Å². The van der Waals surface area contributed by atoms with Crippen LogP contribution in [0.1, 0.15) is 24.5 Å². The quantitative estimate of drug-likeness (QED) is 0.621. The largest absolute Gasteiger partial charge is 0.492 e. The van der Waals surface area contributed by atoms with Gasteiger partial charge < -0.3 is 14.6 Å². The molecule has 0 saturated carbocycles. The smallest absolute Gasteiger partial charge is 0.235 e. The number of hydrogen-bond donors (Lipinski definition) is 2. The molecule has 8 heteroatoms. The number of benzene rings is 2. The summed E-state index contributed by atoms with van der Waals surface area (Å²) in [6.45, 7) is 5.71. The summed E-state index contributed by atoms with van der Waals surface area (Å²) in [5.74, 6) is -0.219. The normalized spacial score (nSPS) is 20.6. The molecule has 2 aliphatic rings. The summed E-state index contributed by atoms with van der Waals surface area (Å²) in [5.41, 5.74) is 1.22. The lowest BCUT2D eigenvalue weighted by atomic mass is 9.91. The highest BCUT2D eigenvalue weighted by atomic mass is 16.5. The minimum atomic E-state index is -0.482. The second kappa shape index (κ2) is 8.04. The fraction of sp³-hybridized carbons (Fsp3) is 0.409. The Balaban J connectivity index is 1.39. The summed E-state index contributed by atoms with van der Waals surface area (Å²) in [4.78, 5) is 26.2. The third kappa shape index (κ3) is 3.64. The molecular formula is C22H24N4O4. The van der Waals surface area contributed by atoms with E-state index in [4.69, 9.17) is 9.26 Å². The van der Waals surface area contributed by atoms with E-state index in [-0.39, 0.29) is 11.8 Å². The van der Waals surface area contributed by atoms with Crippen LogP contribution in [0.4, 0.5) is 0 Å². The maximum atomic E-state index is 12.3. The van der Waals surface area contributed by atoms with E-state index >= 15 is 0 Å². The van der Waals surface area contributed by atoms with Gasteiger partial charge in [-0.25, -0.2) is 0 Å². The summed E-state index contributed by atoms with van der Waals surface area (Å²) in [5, 5.41) is 12.7. The Morgan fingerprint density at radius 1 is 1.17 bits per heavy atom. The zero-order chi connectivity index (χ0) is 20.5. The van der Waals surface area contributed by atoms with Gasteiger partial charge in [0.15, 0.2) is 5.58 Å². The summed E-state index contributed by atoms with van der Waals surface area (Å²) >= 11 is 0. The molecule has 3 aromatic rings. The minimum absolute atomic E-state index is 0.239. The number of aromatic nitrogens is 1. The molecule has 2 saturated heterocycles. The van der Waals surface area contributed by atoms with E-state index in [9.17, 15) is 9.59 Å². The van der Waals surface area contributed by atoms with E-state index in [1.807, 2.05) is 30.3 Å². The molecule has 0 radical (unpaired) electrons. The molecule has 0 aliphatic carbocycles. The van der Waals surface area contributed by atoms with E-state index in [0.717, 1.165) is 54.6 Å². The third-order valence-electron chi connectivity index (χ3n) is 5.91. The van der Waals surface area contributed by atoms with Crippen LogP contribution in [0.15, 0.2) is 34.9 Å². The van der Waals surface area contributed by atoms with Crippen LogP contribution in [-0.4, -0.2) is 61.2 Å². The van der Waals surface area contributed by atoms with Crippen LogP contribution in [0.3, 0.4) is 0 Å². The standard InChI is InChI=1S/C22H24N4O4/c27-19-6-4-17(22(28)24-19)21-20-16-3-2-15(13-14(16)1-5-18(20)30-25-21)29-12-11-26-9-7-23-8-10-26/h1-3,5,13,17,23H,4,6-12H2,(H,24,27,28). The van der Waals surface area contributed by atoms with Gasteiger partial charge in [0.05, 0.1) is 11.3 Å². The lowest BCUT2D eigenvalue weighted by Gasteiger charge is -2.26. The fourth-order valence-electron chi connectivity index (χ4n) is 4.28. The van der Waals surface area contributed by atoms with Crippen LogP contribution in [-0.2, 0) is 9.59 Å². The van der Waals surface area contributed by atoms with Gasteiger partial charge in [-0.2, -0.15) is 0 Å². The van der Waals surface area contributed by atoms with Crippen molar-refractivity contribution in [2.45, 2.75) is 18.8 Å². The Bertz CT molecular complexity index is 1100. The van der Waals surface area contributed by atoms with Gasteiger partial charge in [0.1, 0.15) is 18.1 Å². The average molecular weight is 408 g/mol. The molecule has 156 valence electrons. The van der Waals surface area contributed by atoms with Crippen molar-refractivity contribution in [1.82, 2.24) is 20.7 Å². The number of piperidine rings is 1. The molecule has 0 spiro atoms. The van der Waals surface area contributed by atoms with E-state index in [1.165, 1.54) is 0 Å². The highest BCUT2D eigenvalue weighted by molar-refractivity contribution is 6.10. The van der Waals surface area contributed by atoms with Gasteiger partial charge >= 0.3 is 0 Å². The molecule has 1 aromatic heterocycles. The maximum absolute atomic E-state index is 12.3. The highest BCUT2D eigenvalue weighted by Gasteiger charge is 2.32. The van der Waals surface area contributed by atoms with Crippen LogP contribution in [0.2, 0.25) is 0 Å². The van der Waals surface area contributed by atoms with Crippen molar-refractivity contribution < 1.29 is 18.8 Å². The number of carbonyl (C=O) groups excluding carboxylic acids is 2. The molecule has 0 bridgehead atoms.